The van der Waals surface area contributed by atoms with Gasteiger partial charge in [0.2, 0.25) is 0 Å². The van der Waals surface area contributed by atoms with Crippen LogP contribution < -0.4 is 5.32 Å². The van der Waals surface area contributed by atoms with Gasteiger partial charge in [0.25, 0.3) is 5.91 Å². The zero-order valence-electron chi connectivity index (χ0n) is 19.7. The van der Waals surface area contributed by atoms with E-state index >= 15 is 0 Å². The first kappa shape index (κ1) is 23.4. The van der Waals surface area contributed by atoms with E-state index in [2.05, 4.69) is 29.6 Å². The molecule has 2 N–H and O–H groups in total. The van der Waals surface area contributed by atoms with E-state index in [9.17, 15) is 19.5 Å². The summed E-state index contributed by atoms with van der Waals surface area (Å²) in [4.78, 5) is 38.9. The van der Waals surface area contributed by atoms with Crippen molar-refractivity contribution in [3.63, 3.8) is 0 Å². The monoisotopic (exact) mass is 478 g/mol. The molecule has 2 aromatic rings. The first-order valence-electron chi connectivity index (χ1n) is 12.2. The Morgan fingerprint density at radius 3 is 2.34 bits per heavy atom. The Balaban J connectivity index is 1.20. The van der Waals surface area contributed by atoms with E-state index in [1.807, 2.05) is 31.2 Å². The van der Waals surface area contributed by atoms with Gasteiger partial charge in [0.1, 0.15) is 6.61 Å². The third kappa shape index (κ3) is 4.50. The van der Waals surface area contributed by atoms with Crippen molar-refractivity contribution in [1.29, 1.82) is 0 Å². The second-order valence-electron chi connectivity index (χ2n) is 9.60. The van der Waals surface area contributed by atoms with Crippen LogP contribution in [0.2, 0.25) is 0 Å². The minimum Gasteiger partial charge on any atom is -0.481 e. The SMILES string of the molecule is C[C@@H]1C[C@H](C(=O)O)CCN1C(=O)[C@@H]1OCC[C@@H]1NC(=O)OCC1c2ccccc2-c2ccccc21. The molecule has 0 spiro atoms. The molecule has 3 aliphatic rings. The van der Waals surface area contributed by atoms with Crippen LogP contribution in [0.3, 0.4) is 0 Å². The molecule has 2 heterocycles. The molecule has 2 fully saturated rings. The molecule has 0 aromatic heterocycles. The summed E-state index contributed by atoms with van der Waals surface area (Å²) in [5.41, 5.74) is 4.59. The maximum atomic E-state index is 13.2. The molecule has 2 aromatic carbocycles. The van der Waals surface area contributed by atoms with Crippen LogP contribution in [-0.2, 0) is 19.1 Å². The molecule has 0 unspecified atom stereocenters. The summed E-state index contributed by atoms with van der Waals surface area (Å²) < 4.78 is 11.3. The number of amides is 2. The number of carbonyl (C=O) groups is 3. The third-order valence-electron chi connectivity index (χ3n) is 7.49. The molecule has 8 heteroatoms. The van der Waals surface area contributed by atoms with Crippen LogP contribution in [-0.4, -0.2) is 65.9 Å². The molecule has 5 rings (SSSR count). The zero-order chi connectivity index (χ0) is 24.5. The molecule has 4 atom stereocenters. The quantitative estimate of drug-likeness (QED) is 0.683. The van der Waals surface area contributed by atoms with E-state index in [0.29, 0.717) is 32.4 Å². The van der Waals surface area contributed by atoms with Crippen molar-refractivity contribution < 1.29 is 29.0 Å². The van der Waals surface area contributed by atoms with Crippen LogP contribution >= 0.6 is 0 Å². The number of likely N-dealkylation sites (tertiary alicyclic amines) is 1. The Morgan fingerprint density at radius 2 is 1.71 bits per heavy atom. The van der Waals surface area contributed by atoms with Crippen LogP contribution in [0, 0.1) is 5.92 Å². The fourth-order valence-electron chi connectivity index (χ4n) is 5.66. The predicted molar refractivity (Wildman–Crippen MR) is 128 cm³/mol. The number of carboxylic acid groups (broad SMARTS) is 1. The summed E-state index contributed by atoms with van der Waals surface area (Å²) in [6, 6.07) is 15.6. The molecule has 0 bridgehead atoms. The molecule has 1 aliphatic carbocycles. The van der Waals surface area contributed by atoms with Gasteiger partial charge in [0.05, 0.1) is 12.0 Å². The normalized spacial score (nSPS) is 25.6. The smallest absolute Gasteiger partial charge is 0.407 e. The van der Waals surface area contributed by atoms with Gasteiger partial charge in [-0.3, -0.25) is 9.59 Å². The molecule has 8 nitrogen and oxygen atoms in total. The van der Waals surface area contributed by atoms with Gasteiger partial charge in [-0.2, -0.15) is 0 Å². The van der Waals surface area contributed by atoms with E-state index in [4.69, 9.17) is 9.47 Å². The van der Waals surface area contributed by atoms with Crippen molar-refractivity contribution in [1.82, 2.24) is 10.2 Å². The van der Waals surface area contributed by atoms with Gasteiger partial charge < -0.3 is 24.8 Å². The van der Waals surface area contributed by atoms with Crippen molar-refractivity contribution >= 4 is 18.0 Å². The lowest BCUT2D eigenvalue weighted by atomic mass is 9.91. The minimum absolute atomic E-state index is 0.0400. The number of aliphatic carboxylic acids is 1. The number of carboxylic acids is 1. The molecule has 184 valence electrons. The van der Waals surface area contributed by atoms with Crippen molar-refractivity contribution in [3.8, 4) is 11.1 Å². The molecule has 35 heavy (non-hydrogen) atoms. The fourth-order valence-corrected chi connectivity index (χ4v) is 5.66. The van der Waals surface area contributed by atoms with E-state index in [-0.39, 0.29) is 24.5 Å². The molecular weight excluding hydrogens is 448 g/mol. The largest absolute Gasteiger partial charge is 0.481 e. The Hall–Kier alpha value is -3.39. The lowest BCUT2D eigenvalue weighted by molar-refractivity contribution is -0.151. The van der Waals surface area contributed by atoms with Gasteiger partial charge in [-0.1, -0.05) is 48.5 Å². The summed E-state index contributed by atoms with van der Waals surface area (Å²) in [5.74, 6) is -1.51. The molecule has 0 radical (unpaired) electrons. The van der Waals surface area contributed by atoms with Crippen molar-refractivity contribution in [2.75, 3.05) is 19.8 Å². The van der Waals surface area contributed by atoms with Gasteiger partial charge >= 0.3 is 12.1 Å². The van der Waals surface area contributed by atoms with Crippen LogP contribution in [0.5, 0.6) is 0 Å². The van der Waals surface area contributed by atoms with Gasteiger partial charge in [-0.15, -0.1) is 0 Å². The van der Waals surface area contributed by atoms with Crippen LogP contribution in [0.4, 0.5) is 4.79 Å². The first-order chi connectivity index (χ1) is 16.9. The lowest BCUT2D eigenvalue weighted by Gasteiger charge is -2.38. The zero-order valence-corrected chi connectivity index (χ0v) is 19.7. The summed E-state index contributed by atoms with van der Waals surface area (Å²) in [6.45, 7) is 2.79. The number of rotatable bonds is 5. The van der Waals surface area contributed by atoms with Gasteiger partial charge in [0, 0.05) is 25.1 Å². The topological polar surface area (TPSA) is 105 Å². The number of carbonyl (C=O) groups excluding carboxylic acids is 2. The Morgan fingerprint density at radius 1 is 1.06 bits per heavy atom. The average Bonchev–Trinajstić information content (AvgIpc) is 3.44. The van der Waals surface area contributed by atoms with Gasteiger partial charge in [-0.25, -0.2) is 4.79 Å². The van der Waals surface area contributed by atoms with E-state index < -0.39 is 30.1 Å². The Labute approximate surface area is 204 Å². The van der Waals surface area contributed by atoms with Crippen molar-refractivity contribution in [2.24, 2.45) is 5.92 Å². The number of nitrogens with zero attached hydrogens (tertiary/aromatic N) is 1. The van der Waals surface area contributed by atoms with Crippen molar-refractivity contribution in [2.45, 2.75) is 50.3 Å². The number of piperidine rings is 1. The number of ether oxygens (including phenoxy) is 2. The summed E-state index contributed by atoms with van der Waals surface area (Å²) in [7, 11) is 0. The number of hydrogen-bond donors (Lipinski definition) is 2. The van der Waals surface area contributed by atoms with Crippen LogP contribution in [0.25, 0.3) is 11.1 Å². The second kappa shape index (κ2) is 9.70. The summed E-state index contributed by atoms with van der Waals surface area (Å²) in [5, 5.41) is 12.1. The number of fused-ring (bicyclic) bond motifs is 3. The summed E-state index contributed by atoms with van der Waals surface area (Å²) in [6.07, 6.45) is -0.0151. The summed E-state index contributed by atoms with van der Waals surface area (Å²) >= 11 is 0. The second-order valence-corrected chi connectivity index (χ2v) is 9.60. The fraction of sp³-hybridized carbons (Fsp3) is 0.444. The Bertz CT molecular complexity index is 1090. The number of nitrogens with one attached hydrogen (secondary N) is 1. The average molecular weight is 479 g/mol. The third-order valence-corrected chi connectivity index (χ3v) is 7.49. The van der Waals surface area contributed by atoms with Gasteiger partial charge in [-0.05, 0) is 48.4 Å². The van der Waals surface area contributed by atoms with Gasteiger partial charge in [0.15, 0.2) is 6.10 Å². The van der Waals surface area contributed by atoms with Crippen molar-refractivity contribution in [3.05, 3.63) is 59.7 Å². The highest BCUT2D eigenvalue weighted by atomic mass is 16.6. The maximum absolute atomic E-state index is 13.2. The molecule has 2 amide bonds. The van der Waals surface area contributed by atoms with E-state index in [1.165, 1.54) is 0 Å². The number of hydrogen-bond acceptors (Lipinski definition) is 5. The first-order valence-corrected chi connectivity index (χ1v) is 12.2. The Kier molecular flexibility index (Phi) is 6.47. The standard InChI is InChI=1S/C27H30N2O6/c1-16-14-17(26(31)32)10-12-29(16)25(30)24-23(11-13-34-24)28-27(33)35-15-22-20-8-4-2-6-18(20)19-7-3-5-9-21(19)22/h2-9,16-17,22-24H,10-15H2,1H3,(H,28,33)(H,31,32)/t16-,17-,23+,24-/m1/s1. The highest BCUT2D eigenvalue weighted by molar-refractivity contribution is 5.84. The van der Waals surface area contributed by atoms with Crippen LogP contribution in [0.1, 0.15) is 43.2 Å². The minimum atomic E-state index is -0.823. The maximum Gasteiger partial charge on any atom is 0.407 e. The highest BCUT2D eigenvalue weighted by Crippen LogP contribution is 2.44. The lowest BCUT2D eigenvalue weighted by Crippen LogP contribution is -2.54. The molecule has 2 aliphatic heterocycles. The van der Waals surface area contributed by atoms with Crippen LogP contribution in [0.15, 0.2) is 48.5 Å². The molecule has 0 saturated carbocycles. The number of alkyl carbamates (subject to hydrolysis) is 1. The molecular formula is C27H30N2O6. The number of benzene rings is 2. The van der Waals surface area contributed by atoms with E-state index in [1.54, 1.807) is 4.90 Å². The van der Waals surface area contributed by atoms with E-state index in [0.717, 1.165) is 22.3 Å². The predicted octanol–water partition coefficient (Wildman–Crippen LogP) is 3.39. The highest BCUT2D eigenvalue weighted by Gasteiger charge is 2.41. The molecule has 2 saturated heterocycles.